The Bertz CT molecular complexity index is 337. The summed E-state index contributed by atoms with van der Waals surface area (Å²) in [5.74, 6) is 0.343. The first-order valence-electron chi connectivity index (χ1n) is 7.26. The highest BCUT2D eigenvalue weighted by atomic mass is 16.2. The zero-order valence-corrected chi connectivity index (χ0v) is 12.4. The van der Waals surface area contributed by atoms with Crippen LogP contribution in [0.3, 0.4) is 0 Å². The number of hydrogen-bond donors (Lipinski definition) is 2. The van der Waals surface area contributed by atoms with E-state index in [1.54, 1.807) is 0 Å². The van der Waals surface area contributed by atoms with Crippen LogP contribution in [0, 0.1) is 11.8 Å². The van der Waals surface area contributed by atoms with Crippen LogP contribution in [0.1, 0.15) is 33.1 Å². The highest BCUT2D eigenvalue weighted by Gasteiger charge is 2.20. The summed E-state index contributed by atoms with van der Waals surface area (Å²) in [7, 11) is 0. The standard InChI is InChI=1S/C14H25N3O3/c1-11(2)3-6-15-14(20)16-13(19)9-17-7-4-12(10-18)5-8-17/h10-12H,3-9H2,1-2H3,(H2,15,16,19,20). The van der Waals surface area contributed by atoms with E-state index in [-0.39, 0.29) is 18.4 Å². The second-order valence-corrected chi connectivity index (χ2v) is 5.74. The monoisotopic (exact) mass is 283 g/mol. The van der Waals surface area contributed by atoms with Crippen LogP contribution >= 0.6 is 0 Å². The lowest BCUT2D eigenvalue weighted by Crippen LogP contribution is -2.46. The first-order chi connectivity index (χ1) is 9.51. The Balaban J connectivity index is 2.16. The van der Waals surface area contributed by atoms with Crippen molar-refractivity contribution >= 4 is 18.2 Å². The summed E-state index contributed by atoms with van der Waals surface area (Å²) in [5, 5.41) is 4.99. The van der Waals surface area contributed by atoms with E-state index < -0.39 is 6.03 Å². The summed E-state index contributed by atoms with van der Waals surface area (Å²) in [6.07, 6.45) is 3.45. The molecule has 0 saturated carbocycles. The molecule has 6 nitrogen and oxygen atoms in total. The molecule has 1 saturated heterocycles. The van der Waals surface area contributed by atoms with Gasteiger partial charge in [0.25, 0.3) is 0 Å². The summed E-state index contributed by atoms with van der Waals surface area (Å²) in [6.45, 7) is 6.39. The summed E-state index contributed by atoms with van der Waals surface area (Å²) in [4.78, 5) is 35.8. The Hall–Kier alpha value is -1.43. The smallest absolute Gasteiger partial charge is 0.321 e. The lowest BCUT2D eigenvalue weighted by atomic mass is 9.99. The third kappa shape index (κ3) is 6.65. The van der Waals surface area contributed by atoms with Crippen molar-refractivity contribution < 1.29 is 14.4 Å². The van der Waals surface area contributed by atoms with Gasteiger partial charge in [0.2, 0.25) is 5.91 Å². The zero-order chi connectivity index (χ0) is 15.0. The normalized spacial score (nSPS) is 16.9. The molecular formula is C14H25N3O3. The quantitative estimate of drug-likeness (QED) is 0.706. The van der Waals surface area contributed by atoms with Gasteiger partial charge < -0.3 is 10.1 Å². The van der Waals surface area contributed by atoms with Crippen LogP contribution in [0.5, 0.6) is 0 Å². The number of aldehydes is 1. The maximum Gasteiger partial charge on any atom is 0.321 e. The fraction of sp³-hybridized carbons (Fsp3) is 0.786. The van der Waals surface area contributed by atoms with Crippen molar-refractivity contribution in [3.05, 3.63) is 0 Å². The van der Waals surface area contributed by atoms with Gasteiger partial charge in [-0.05, 0) is 38.3 Å². The molecule has 0 bridgehead atoms. The van der Waals surface area contributed by atoms with E-state index in [9.17, 15) is 14.4 Å². The first-order valence-corrected chi connectivity index (χ1v) is 7.26. The molecule has 6 heteroatoms. The Labute approximate surface area is 120 Å². The Morgan fingerprint density at radius 2 is 1.95 bits per heavy atom. The molecule has 114 valence electrons. The van der Waals surface area contributed by atoms with Crippen LogP contribution in [-0.4, -0.2) is 49.3 Å². The van der Waals surface area contributed by atoms with Gasteiger partial charge in [-0.1, -0.05) is 13.8 Å². The maximum absolute atomic E-state index is 11.7. The fourth-order valence-corrected chi connectivity index (χ4v) is 2.13. The minimum atomic E-state index is -0.432. The molecule has 0 radical (unpaired) electrons. The number of piperidine rings is 1. The molecule has 0 aromatic rings. The van der Waals surface area contributed by atoms with Crippen molar-refractivity contribution in [1.29, 1.82) is 0 Å². The molecule has 1 heterocycles. The second kappa shape index (κ2) is 8.68. The maximum atomic E-state index is 11.7. The van der Waals surface area contributed by atoms with Crippen LogP contribution in [0.15, 0.2) is 0 Å². The van der Waals surface area contributed by atoms with Gasteiger partial charge in [-0.3, -0.25) is 15.0 Å². The van der Waals surface area contributed by atoms with E-state index in [1.165, 1.54) is 0 Å². The molecule has 2 N–H and O–H groups in total. The van der Waals surface area contributed by atoms with Crippen LogP contribution in [0.4, 0.5) is 4.79 Å². The SMILES string of the molecule is CC(C)CCNC(=O)NC(=O)CN1CCC(C=O)CC1. The minimum absolute atomic E-state index is 0.119. The number of carbonyl (C=O) groups excluding carboxylic acids is 3. The topological polar surface area (TPSA) is 78.5 Å². The number of amides is 3. The van der Waals surface area contributed by atoms with Gasteiger partial charge in [-0.25, -0.2) is 4.79 Å². The molecule has 1 aliphatic rings. The van der Waals surface area contributed by atoms with Gasteiger partial charge in [0.15, 0.2) is 0 Å². The van der Waals surface area contributed by atoms with Gasteiger partial charge >= 0.3 is 6.03 Å². The lowest BCUT2D eigenvalue weighted by molar-refractivity contribution is -0.121. The average Bonchev–Trinajstić information content (AvgIpc) is 2.38. The van der Waals surface area contributed by atoms with Crippen molar-refractivity contribution in [2.75, 3.05) is 26.2 Å². The van der Waals surface area contributed by atoms with Crippen molar-refractivity contribution in [3.8, 4) is 0 Å². The molecule has 0 spiro atoms. The van der Waals surface area contributed by atoms with E-state index in [2.05, 4.69) is 24.5 Å². The number of nitrogens with one attached hydrogen (secondary N) is 2. The largest absolute Gasteiger partial charge is 0.338 e. The third-order valence-electron chi connectivity index (χ3n) is 3.45. The molecule has 1 rings (SSSR count). The minimum Gasteiger partial charge on any atom is -0.338 e. The molecule has 0 atom stereocenters. The molecule has 1 aliphatic heterocycles. The molecule has 3 amide bonds. The van der Waals surface area contributed by atoms with Gasteiger partial charge in [0.1, 0.15) is 6.29 Å². The molecule has 1 fully saturated rings. The average molecular weight is 283 g/mol. The molecule has 0 unspecified atom stereocenters. The lowest BCUT2D eigenvalue weighted by Gasteiger charge is -2.28. The fourth-order valence-electron chi connectivity index (χ4n) is 2.13. The number of likely N-dealkylation sites (tertiary alicyclic amines) is 1. The highest BCUT2D eigenvalue weighted by Crippen LogP contribution is 2.14. The van der Waals surface area contributed by atoms with Crippen LogP contribution in [-0.2, 0) is 9.59 Å². The van der Waals surface area contributed by atoms with Crippen molar-refractivity contribution in [3.63, 3.8) is 0 Å². The van der Waals surface area contributed by atoms with Gasteiger partial charge in [-0.2, -0.15) is 0 Å². The van der Waals surface area contributed by atoms with E-state index in [4.69, 9.17) is 0 Å². The molecule has 0 aliphatic carbocycles. The summed E-state index contributed by atoms with van der Waals surface area (Å²) < 4.78 is 0. The van der Waals surface area contributed by atoms with E-state index >= 15 is 0 Å². The van der Waals surface area contributed by atoms with E-state index in [0.717, 1.165) is 38.6 Å². The Morgan fingerprint density at radius 3 is 2.50 bits per heavy atom. The highest BCUT2D eigenvalue weighted by molar-refractivity contribution is 5.95. The van der Waals surface area contributed by atoms with Crippen LogP contribution < -0.4 is 10.6 Å². The van der Waals surface area contributed by atoms with Gasteiger partial charge in [0.05, 0.1) is 6.54 Å². The predicted octanol–water partition coefficient (Wildman–Crippen LogP) is 0.769. The summed E-state index contributed by atoms with van der Waals surface area (Å²) in [5.41, 5.74) is 0. The van der Waals surface area contributed by atoms with E-state index in [0.29, 0.717) is 12.5 Å². The number of urea groups is 1. The molecule has 0 aromatic heterocycles. The third-order valence-corrected chi connectivity index (χ3v) is 3.45. The van der Waals surface area contributed by atoms with Crippen LogP contribution in [0.2, 0.25) is 0 Å². The summed E-state index contributed by atoms with van der Waals surface area (Å²) >= 11 is 0. The number of carbonyl (C=O) groups is 3. The zero-order valence-electron chi connectivity index (χ0n) is 12.4. The number of rotatable bonds is 6. The van der Waals surface area contributed by atoms with E-state index in [1.807, 2.05) is 4.90 Å². The van der Waals surface area contributed by atoms with Crippen molar-refractivity contribution in [2.45, 2.75) is 33.1 Å². The van der Waals surface area contributed by atoms with Crippen LogP contribution in [0.25, 0.3) is 0 Å². The molecule has 0 aromatic carbocycles. The summed E-state index contributed by atoms with van der Waals surface area (Å²) in [6, 6.07) is -0.432. The Morgan fingerprint density at radius 1 is 1.30 bits per heavy atom. The van der Waals surface area contributed by atoms with Gasteiger partial charge in [0, 0.05) is 12.5 Å². The van der Waals surface area contributed by atoms with Gasteiger partial charge in [-0.15, -0.1) is 0 Å². The predicted molar refractivity (Wildman–Crippen MR) is 76.2 cm³/mol. The van der Waals surface area contributed by atoms with Crippen molar-refractivity contribution in [2.24, 2.45) is 11.8 Å². The number of nitrogens with zero attached hydrogens (tertiary/aromatic N) is 1. The molecular weight excluding hydrogens is 258 g/mol. The molecule has 20 heavy (non-hydrogen) atoms. The second-order valence-electron chi connectivity index (χ2n) is 5.74. The first kappa shape index (κ1) is 16.6. The number of imide groups is 1. The van der Waals surface area contributed by atoms with Crippen molar-refractivity contribution in [1.82, 2.24) is 15.5 Å². The number of hydrogen-bond acceptors (Lipinski definition) is 4. The Kier molecular flexibility index (Phi) is 7.22.